The Bertz CT molecular complexity index is 471. The Hall–Kier alpha value is -1.31. The Morgan fingerprint density at radius 1 is 1.32 bits per heavy atom. The molecular formula is C13H19IN4O. The third-order valence-corrected chi connectivity index (χ3v) is 3.03. The number of benzene rings is 1. The van der Waals surface area contributed by atoms with Crippen LogP contribution in [0.1, 0.15) is 18.4 Å². The van der Waals surface area contributed by atoms with E-state index in [1.165, 1.54) is 5.56 Å². The SMILES string of the molecule is I.NC(N)=NCCCC(=O)N1CCc2ccccc21. The Labute approximate surface area is 130 Å². The lowest BCUT2D eigenvalue weighted by Gasteiger charge is -2.16. The van der Waals surface area contributed by atoms with Gasteiger partial charge in [-0.05, 0) is 24.5 Å². The van der Waals surface area contributed by atoms with Gasteiger partial charge in [-0.3, -0.25) is 9.79 Å². The van der Waals surface area contributed by atoms with Crippen molar-refractivity contribution in [1.82, 2.24) is 0 Å². The fourth-order valence-electron chi connectivity index (χ4n) is 2.17. The topological polar surface area (TPSA) is 84.7 Å². The van der Waals surface area contributed by atoms with Gasteiger partial charge in [0.25, 0.3) is 0 Å². The number of fused-ring (bicyclic) bond motifs is 1. The zero-order valence-electron chi connectivity index (χ0n) is 10.7. The van der Waals surface area contributed by atoms with Gasteiger partial charge in [0.05, 0.1) is 0 Å². The number of amides is 1. The molecule has 0 bridgehead atoms. The number of carbonyl (C=O) groups is 1. The fourth-order valence-corrected chi connectivity index (χ4v) is 2.17. The van der Waals surface area contributed by atoms with E-state index in [0.717, 1.165) is 18.7 Å². The number of nitrogens with two attached hydrogens (primary N) is 2. The first-order valence-corrected chi connectivity index (χ1v) is 6.12. The summed E-state index contributed by atoms with van der Waals surface area (Å²) >= 11 is 0. The Balaban J connectivity index is 0.00000180. The molecule has 1 aromatic rings. The summed E-state index contributed by atoms with van der Waals surface area (Å²) in [6.07, 6.45) is 2.09. The van der Waals surface area contributed by atoms with Gasteiger partial charge in [-0.25, -0.2) is 0 Å². The largest absolute Gasteiger partial charge is 0.370 e. The highest BCUT2D eigenvalue weighted by Crippen LogP contribution is 2.27. The molecule has 104 valence electrons. The number of rotatable bonds is 4. The molecule has 1 aromatic carbocycles. The zero-order valence-corrected chi connectivity index (χ0v) is 13.0. The number of para-hydroxylation sites is 1. The van der Waals surface area contributed by atoms with Gasteiger partial charge < -0.3 is 16.4 Å². The van der Waals surface area contributed by atoms with E-state index in [1.807, 2.05) is 23.1 Å². The number of aliphatic imine (C=N–C) groups is 1. The highest BCUT2D eigenvalue weighted by atomic mass is 127. The van der Waals surface area contributed by atoms with E-state index in [-0.39, 0.29) is 35.8 Å². The van der Waals surface area contributed by atoms with Gasteiger partial charge in [-0.15, -0.1) is 24.0 Å². The van der Waals surface area contributed by atoms with Crippen molar-refractivity contribution in [2.45, 2.75) is 19.3 Å². The number of carbonyl (C=O) groups excluding carboxylic acids is 1. The van der Waals surface area contributed by atoms with Crippen molar-refractivity contribution >= 4 is 41.5 Å². The molecule has 0 spiro atoms. The number of halogens is 1. The maximum Gasteiger partial charge on any atom is 0.227 e. The summed E-state index contributed by atoms with van der Waals surface area (Å²) in [4.78, 5) is 17.8. The summed E-state index contributed by atoms with van der Waals surface area (Å²) in [6, 6.07) is 8.04. The van der Waals surface area contributed by atoms with Crippen molar-refractivity contribution in [3.63, 3.8) is 0 Å². The third-order valence-electron chi connectivity index (χ3n) is 3.03. The summed E-state index contributed by atoms with van der Waals surface area (Å²) in [5, 5.41) is 0. The smallest absolute Gasteiger partial charge is 0.227 e. The van der Waals surface area contributed by atoms with Crippen molar-refractivity contribution in [3.8, 4) is 0 Å². The molecule has 1 amide bonds. The molecule has 0 fully saturated rings. The zero-order chi connectivity index (χ0) is 13.0. The van der Waals surface area contributed by atoms with Gasteiger partial charge in [0.15, 0.2) is 5.96 Å². The molecule has 0 aromatic heterocycles. The predicted molar refractivity (Wildman–Crippen MR) is 87.8 cm³/mol. The summed E-state index contributed by atoms with van der Waals surface area (Å²) in [5.74, 6) is 0.222. The van der Waals surface area contributed by atoms with Crippen molar-refractivity contribution in [3.05, 3.63) is 29.8 Å². The van der Waals surface area contributed by atoms with Crippen molar-refractivity contribution < 1.29 is 4.79 Å². The molecule has 2 rings (SSSR count). The molecule has 1 heterocycles. The number of anilines is 1. The Morgan fingerprint density at radius 3 is 2.79 bits per heavy atom. The second-order valence-electron chi connectivity index (χ2n) is 4.33. The van der Waals surface area contributed by atoms with E-state index in [1.54, 1.807) is 0 Å². The molecule has 6 heteroatoms. The summed E-state index contributed by atoms with van der Waals surface area (Å²) in [7, 11) is 0. The van der Waals surface area contributed by atoms with Gasteiger partial charge in [0.2, 0.25) is 5.91 Å². The molecule has 0 unspecified atom stereocenters. The van der Waals surface area contributed by atoms with Crippen molar-refractivity contribution in [1.29, 1.82) is 0 Å². The molecule has 0 saturated heterocycles. The van der Waals surface area contributed by atoms with E-state index < -0.39 is 0 Å². The van der Waals surface area contributed by atoms with Crippen molar-refractivity contribution in [2.24, 2.45) is 16.5 Å². The van der Waals surface area contributed by atoms with Gasteiger partial charge in [-0.1, -0.05) is 18.2 Å². The van der Waals surface area contributed by atoms with Gasteiger partial charge in [0.1, 0.15) is 0 Å². The molecule has 5 nitrogen and oxygen atoms in total. The molecule has 4 N–H and O–H groups in total. The van der Waals surface area contributed by atoms with Crippen LogP contribution in [0.3, 0.4) is 0 Å². The van der Waals surface area contributed by atoms with Crippen LogP contribution in [0.5, 0.6) is 0 Å². The van der Waals surface area contributed by atoms with Crippen LogP contribution >= 0.6 is 24.0 Å². The summed E-state index contributed by atoms with van der Waals surface area (Å²) in [5.41, 5.74) is 12.7. The van der Waals surface area contributed by atoms with Crippen LogP contribution in [0.2, 0.25) is 0 Å². The first-order valence-electron chi connectivity index (χ1n) is 6.12. The molecule has 1 aliphatic rings. The minimum absolute atomic E-state index is 0. The van der Waals surface area contributed by atoms with Crippen LogP contribution in [0.15, 0.2) is 29.3 Å². The van der Waals surface area contributed by atoms with Crippen LogP contribution in [-0.4, -0.2) is 25.0 Å². The predicted octanol–water partition coefficient (Wildman–Crippen LogP) is 1.25. The standard InChI is InChI=1S/C13H18N4O.HI/c14-13(15)16-8-3-6-12(18)17-9-7-10-4-1-2-5-11(10)17;/h1-2,4-5H,3,6-9H2,(H4,14,15,16);1H. The lowest BCUT2D eigenvalue weighted by Crippen LogP contribution is -2.29. The second kappa shape index (κ2) is 7.32. The van der Waals surface area contributed by atoms with E-state index in [2.05, 4.69) is 11.1 Å². The number of hydrogen-bond acceptors (Lipinski definition) is 2. The normalized spacial score (nSPS) is 12.5. The van der Waals surface area contributed by atoms with Crippen LogP contribution in [-0.2, 0) is 11.2 Å². The summed E-state index contributed by atoms with van der Waals surface area (Å²) < 4.78 is 0. The molecule has 0 aliphatic carbocycles. The molecule has 19 heavy (non-hydrogen) atoms. The first kappa shape index (κ1) is 15.7. The average molecular weight is 374 g/mol. The highest BCUT2D eigenvalue weighted by molar-refractivity contribution is 14.0. The van der Waals surface area contributed by atoms with E-state index >= 15 is 0 Å². The maximum absolute atomic E-state index is 12.1. The fraction of sp³-hybridized carbons (Fsp3) is 0.385. The minimum Gasteiger partial charge on any atom is -0.370 e. The van der Waals surface area contributed by atoms with E-state index in [0.29, 0.717) is 19.4 Å². The van der Waals surface area contributed by atoms with Crippen molar-refractivity contribution in [2.75, 3.05) is 18.0 Å². The number of hydrogen-bond donors (Lipinski definition) is 2. The minimum atomic E-state index is 0. The van der Waals surface area contributed by atoms with Crippen LogP contribution < -0.4 is 16.4 Å². The molecular weight excluding hydrogens is 355 g/mol. The average Bonchev–Trinajstić information content (AvgIpc) is 2.78. The van der Waals surface area contributed by atoms with Crippen LogP contribution in [0.25, 0.3) is 0 Å². The van der Waals surface area contributed by atoms with Gasteiger partial charge in [0, 0.05) is 25.2 Å². The molecule has 0 radical (unpaired) electrons. The number of nitrogens with zero attached hydrogens (tertiary/aromatic N) is 2. The second-order valence-corrected chi connectivity index (χ2v) is 4.33. The number of guanidine groups is 1. The molecule has 0 atom stereocenters. The Morgan fingerprint density at radius 2 is 2.05 bits per heavy atom. The maximum atomic E-state index is 12.1. The van der Waals surface area contributed by atoms with E-state index in [9.17, 15) is 4.79 Å². The van der Waals surface area contributed by atoms with E-state index in [4.69, 9.17) is 11.5 Å². The quantitative estimate of drug-likeness (QED) is 0.360. The Kier molecular flexibility index (Phi) is 6.07. The summed E-state index contributed by atoms with van der Waals surface area (Å²) in [6.45, 7) is 1.28. The highest BCUT2D eigenvalue weighted by Gasteiger charge is 2.23. The van der Waals surface area contributed by atoms with Crippen LogP contribution in [0, 0.1) is 0 Å². The molecule has 0 saturated carbocycles. The third kappa shape index (κ3) is 4.09. The first-order chi connectivity index (χ1) is 8.68. The van der Waals surface area contributed by atoms with Gasteiger partial charge in [-0.2, -0.15) is 0 Å². The monoisotopic (exact) mass is 374 g/mol. The molecule has 1 aliphatic heterocycles. The lowest BCUT2D eigenvalue weighted by molar-refractivity contribution is -0.118. The van der Waals surface area contributed by atoms with Gasteiger partial charge >= 0.3 is 0 Å². The lowest BCUT2D eigenvalue weighted by atomic mass is 10.2. The van der Waals surface area contributed by atoms with Crippen LogP contribution in [0.4, 0.5) is 5.69 Å².